The van der Waals surface area contributed by atoms with Gasteiger partial charge < -0.3 is 10.1 Å². The molecule has 0 aromatic rings. The van der Waals surface area contributed by atoms with E-state index >= 15 is 0 Å². The van der Waals surface area contributed by atoms with E-state index in [1.165, 1.54) is 12.8 Å². The van der Waals surface area contributed by atoms with E-state index in [9.17, 15) is 0 Å². The van der Waals surface area contributed by atoms with Crippen molar-refractivity contribution in [2.45, 2.75) is 53.5 Å². The minimum absolute atomic E-state index is 0.301. The molecule has 2 heteroatoms. The van der Waals surface area contributed by atoms with E-state index < -0.39 is 0 Å². The van der Waals surface area contributed by atoms with E-state index in [1.54, 1.807) is 0 Å². The van der Waals surface area contributed by atoms with Crippen molar-refractivity contribution in [2.75, 3.05) is 19.8 Å². The lowest BCUT2D eigenvalue weighted by Crippen LogP contribution is -2.38. The van der Waals surface area contributed by atoms with Crippen LogP contribution in [0.15, 0.2) is 0 Å². The zero-order valence-electron chi connectivity index (χ0n) is 10.5. The Labute approximate surface area is 89.4 Å². The Kier molecular flexibility index (Phi) is 7.20. The molecule has 0 heterocycles. The summed E-state index contributed by atoms with van der Waals surface area (Å²) in [6.45, 7) is 13.7. The van der Waals surface area contributed by atoms with E-state index in [4.69, 9.17) is 4.74 Å². The smallest absolute Gasteiger partial charge is 0.0531 e. The van der Waals surface area contributed by atoms with Crippen LogP contribution in [0.5, 0.6) is 0 Å². The van der Waals surface area contributed by atoms with Gasteiger partial charge in [-0.15, -0.1) is 0 Å². The second-order valence-electron chi connectivity index (χ2n) is 4.73. The highest BCUT2D eigenvalue weighted by Crippen LogP contribution is 2.22. The molecule has 0 rings (SSSR count). The highest BCUT2D eigenvalue weighted by Gasteiger charge is 2.23. The van der Waals surface area contributed by atoms with Gasteiger partial charge in [0, 0.05) is 24.6 Å². The third-order valence-corrected chi connectivity index (χ3v) is 2.45. The van der Waals surface area contributed by atoms with Crippen LogP contribution < -0.4 is 5.32 Å². The maximum atomic E-state index is 5.54. The van der Waals surface area contributed by atoms with Crippen molar-refractivity contribution >= 4 is 0 Å². The fraction of sp³-hybridized carbons (Fsp3) is 1.00. The molecule has 0 aliphatic rings. The molecule has 86 valence electrons. The van der Waals surface area contributed by atoms with Crippen molar-refractivity contribution in [3.05, 3.63) is 0 Å². The molecule has 0 amide bonds. The first-order chi connectivity index (χ1) is 6.54. The molecule has 0 spiro atoms. The van der Waals surface area contributed by atoms with Crippen molar-refractivity contribution in [3.63, 3.8) is 0 Å². The lowest BCUT2D eigenvalue weighted by Gasteiger charge is -2.30. The second kappa shape index (κ2) is 7.24. The molecule has 0 fully saturated rings. The van der Waals surface area contributed by atoms with Crippen molar-refractivity contribution in [1.82, 2.24) is 5.32 Å². The van der Waals surface area contributed by atoms with Gasteiger partial charge in [0.05, 0.1) is 6.61 Å². The third kappa shape index (κ3) is 6.39. The molecule has 14 heavy (non-hydrogen) atoms. The summed E-state index contributed by atoms with van der Waals surface area (Å²) in [5.74, 6) is 0. The van der Waals surface area contributed by atoms with Crippen LogP contribution in [0.4, 0.5) is 0 Å². The topological polar surface area (TPSA) is 21.3 Å². The second-order valence-corrected chi connectivity index (χ2v) is 4.73. The van der Waals surface area contributed by atoms with E-state index in [-0.39, 0.29) is 0 Å². The summed E-state index contributed by atoms with van der Waals surface area (Å²) in [5.41, 5.74) is 0.301. The van der Waals surface area contributed by atoms with E-state index in [0.29, 0.717) is 11.5 Å². The molecule has 0 radical (unpaired) electrons. The molecule has 1 N–H and O–H groups in total. The van der Waals surface area contributed by atoms with E-state index in [1.807, 2.05) is 0 Å². The van der Waals surface area contributed by atoms with Crippen LogP contribution in [0.1, 0.15) is 47.5 Å². The molecular formula is C12H27NO. The fourth-order valence-electron chi connectivity index (χ4n) is 1.61. The van der Waals surface area contributed by atoms with Gasteiger partial charge in [0.15, 0.2) is 0 Å². The van der Waals surface area contributed by atoms with Gasteiger partial charge >= 0.3 is 0 Å². The predicted molar refractivity (Wildman–Crippen MR) is 62.6 cm³/mol. The predicted octanol–water partition coefficient (Wildman–Crippen LogP) is 2.83. The largest absolute Gasteiger partial charge is 0.381 e. The van der Waals surface area contributed by atoms with Crippen LogP contribution >= 0.6 is 0 Å². The summed E-state index contributed by atoms with van der Waals surface area (Å²) < 4.78 is 5.54. The van der Waals surface area contributed by atoms with Crippen molar-refractivity contribution < 1.29 is 4.74 Å². The van der Waals surface area contributed by atoms with Crippen molar-refractivity contribution in [1.29, 1.82) is 0 Å². The summed E-state index contributed by atoms with van der Waals surface area (Å²) >= 11 is 0. The summed E-state index contributed by atoms with van der Waals surface area (Å²) in [6.07, 6.45) is 2.45. The molecule has 0 aliphatic carbocycles. The minimum Gasteiger partial charge on any atom is -0.381 e. The molecule has 0 aliphatic heterocycles. The Balaban J connectivity index is 3.95. The average molecular weight is 201 g/mol. The number of ether oxygens (including phenoxy) is 1. The van der Waals surface area contributed by atoms with Gasteiger partial charge in [0.25, 0.3) is 0 Å². The monoisotopic (exact) mass is 201 g/mol. The summed E-state index contributed by atoms with van der Waals surface area (Å²) in [6, 6.07) is 0.563. The van der Waals surface area contributed by atoms with E-state index in [2.05, 4.69) is 39.9 Å². The molecule has 0 saturated heterocycles. The van der Waals surface area contributed by atoms with Crippen LogP contribution in [-0.4, -0.2) is 25.8 Å². The van der Waals surface area contributed by atoms with Crippen LogP contribution in [0, 0.1) is 5.41 Å². The maximum Gasteiger partial charge on any atom is 0.0531 e. The molecule has 0 bridgehead atoms. The maximum absolute atomic E-state index is 5.54. The Morgan fingerprint density at radius 2 is 1.93 bits per heavy atom. The third-order valence-electron chi connectivity index (χ3n) is 2.45. The number of rotatable bonds is 8. The molecular weight excluding hydrogens is 174 g/mol. The summed E-state index contributed by atoms with van der Waals surface area (Å²) in [5, 5.41) is 3.50. The van der Waals surface area contributed by atoms with Crippen LogP contribution in [-0.2, 0) is 4.74 Å². The number of hydrogen-bond donors (Lipinski definition) is 1. The lowest BCUT2D eigenvalue weighted by atomic mass is 9.86. The SMILES string of the molecule is CCCC(C)(CNC(C)C)COCC. The van der Waals surface area contributed by atoms with Crippen molar-refractivity contribution in [2.24, 2.45) is 5.41 Å². The van der Waals surface area contributed by atoms with Gasteiger partial charge in [0.2, 0.25) is 0 Å². The molecule has 2 nitrogen and oxygen atoms in total. The Morgan fingerprint density at radius 1 is 1.29 bits per heavy atom. The standard InChI is InChI=1S/C12H27NO/c1-6-8-12(5,10-14-7-2)9-13-11(3)4/h11,13H,6-10H2,1-5H3. The molecule has 1 unspecified atom stereocenters. The Bertz CT molecular complexity index is 136. The Morgan fingerprint density at radius 3 is 2.36 bits per heavy atom. The normalized spacial score (nSPS) is 15.9. The quantitative estimate of drug-likeness (QED) is 0.652. The van der Waals surface area contributed by atoms with Gasteiger partial charge in [0.1, 0.15) is 0 Å². The van der Waals surface area contributed by atoms with E-state index in [0.717, 1.165) is 19.8 Å². The van der Waals surface area contributed by atoms with Gasteiger partial charge in [-0.1, -0.05) is 34.1 Å². The zero-order chi connectivity index (χ0) is 11.0. The highest BCUT2D eigenvalue weighted by atomic mass is 16.5. The first-order valence-electron chi connectivity index (χ1n) is 5.85. The lowest BCUT2D eigenvalue weighted by molar-refractivity contribution is 0.0537. The highest BCUT2D eigenvalue weighted by molar-refractivity contribution is 4.77. The van der Waals surface area contributed by atoms with Crippen LogP contribution in [0.3, 0.4) is 0 Å². The van der Waals surface area contributed by atoms with Gasteiger partial charge in [-0.2, -0.15) is 0 Å². The first kappa shape index (κ1) is 13.9. The Hall–Kier alpha value is -0.0800. The molecule has 1 atom stereocenters. The van der Waals surface area contributed by atoms with Crippen LogP contribution in [0.2, 0.25) is 0 Å². The summed E-state index contributed by atoms with van der Waals surface area (Å²) in [4.78, 5) is 0. The van der Waals surface area contributed by atoms with Crippen molar-refractivity contribution in [3.8, 4) is 0 Å². The summed E-state index contributed by atoms with van der Waals surface area (Å²) in [7, 11) is 0. The van der Waals surface area contributed by atoms with Gasteiger partial charge in [-0.3, -0.25) is 0 Å². The molecule has 0 aromatic carbocycles. The zero-order valence-corrected chi connectivity index (χ0v) is 10.5. The average Bonchev–Trinajstić information content (AvgIpc) is 2.13. The fourth-order valence-corrected chi connectivity index (χ4v) is 1.61. The number of hydrogen-bond acceptors (Lipinski definition) is 2. The first-order valence-corrected chi connectivity index (χ1v) is 5.85. The number of nitrogens with one attached hydrogen (secondary N) is 1. The molecule has 0 aromatic heterocycles. The molecule has 0 saturated carbocycles. The minimum atomic E-state index is 0.301. The van der Waals surface area contributed by atoms with Gasteiger partial charge in [-0.25, -0.2) is 0 Å². The van der Waals surface area contributed by atoms with Gasteiger partial charge in [-0.05, 0) is 13.3 Å². The van der Waals surface area contributed by atoms with Crippen LogP contribution in [0.25, 0.3) is 0 Å².